The fraction of sp³-hybridized carbons (Fsp3) is 0.538. The Morgan fingerprint density at radius 2 is 2.03 bits per heavy atom. The minimum absolute atomic E-state index is 0.199. The number of hydrogen-bond donors (Lipinski definition) is 1. The lowest BCUT2D eigenvalue weighted by Crippen LogP contribution is -2.25. The summed E-state index contributed by atoms with van der Waals surface area (Å²) in [6, 6.07) is 4.36. The first-order valence-electron chi connectivity index (χ1n) is 11.6. The second-order valence-corrected chi connectivity index (χ2v) is 11.1. The van der Waals surface area contributed by atoms with Gasteiger partial charge in [-0.2, -0.15) is 0 Å². The van der Waals surface area contributed by atoms with Crippen molar-refractivity contribution in [2.45, 2.75) is 71.3 Å². The Bertz CT molecular complexity index is 1000. The number of rotatable bonds is 6. The number of thiazole rings is 1. The van der Waals surface area contributed by atoms with Crippen LogP contribution >= 0.6 is 11.3 Å². The summed E-state index contributed by atoms with van der Waals surface area (Å²) in [6.45, 7) is 9.52. The van der Waals surface area contributed by atoms with Crippen molar-refractivity contribution >= 4 is 17.3 Å². The molecular weight excluding hydrogens is 420 g/mol. The van der Waals surface area contributed by atoms with Crippen LogP contribution in [0, 0.1) is 12.8 Å². The highest BCUT2D eigenvalue weighted by Crippen LogP contribution is 2.39. The highest BCUT2D eigenvalue weighted by molar-refractivity contribution is 7.14. The lowest BCUT2D eigenvalue weighted by atomic mass is 9.79. The molecule has 1 aliphatic carbocycles. The van der Waals surface area contributed by atoms with Gasteiger partial charge >= 0.3 is 5.97 Å². The van der Waals surface area contributed by atoms with Crippen molar-refractivity contribution in [3.63, 3.8) is 0 Å². The quantitative estimate of drug-likeness (QED) is 0.518. The van der Waals surface area contributed by atoms with Crippen LogP contribution in [-0.2, 0) is 14.3 Å². The van der Waals surface area contributed by atoms with E-state index < -0.39 is 5.60 Å². The molecule has 172 valence electrons. The molecule has 1 atom stereocenters. The number of aryl methyl sites for hydroxylation is 1. The highest BCUT2D eigenvalue weighted by Gasteiger charge is 2.28. The number of H-pyrrole nitrogens is 1. The Hall–Kier alpha value is -2.18. The van der Waals surface area contributed by atoms with E-state index in [9.17, 15) is 4.79 Å². The van der Waals surface area contributed by atoms with Crippen molar-refractivity contribution in [3.8, 4) is 10.7 Å². The van der Waals surface area contributed by atoms with E-state index in [0.717, 1.165) is 61.6 Å². The van der Waals surface area contributed by atoms with E-state index >= 15 is 0 Å². The summed E-state index contributed by atoms with van der Waals surface area (Å²) in [5, 5.41) is 1.03. The van der Waals surface area contributed by atoms with Crippen molar-refractivity contribution in [2.75, 3.05) is 13.2 Å². The number of hydrogen-bond acceptors (Lipinski definition) is 5. The minimum Gasteiger partial charge on any atom is -0.457 e. The normalized spacial score (nSPS) is 18.8. The summed E-state index contributed by atoms with van der Waals surface area (Å²) in [5.41, 5.74) is 3.99. The largest absolute Gasteiger partial charge is 0.457 e. The minimum atomic E-state index is -0.470. The van der Waals surface area contributed by atoms with Crippen LogP contribution in [0.25, 0.3) is 10.7 Å². The lowest BCUT2D eigenvalue weighted by molar-refractivity contribution is -0.150. The molecule has 0 saturated carbocycles. The summed E-state index contributed by atoms with van der Waals surface area (Å²) in [5.74, 6) is 0.763. The maximum absolute atomic E-state index is 12.5. The van der Waals surface area contributed by atoms with Crippen molar-refractivity contribution in [2.24, 2.45) is 5.92 Å². The summed E-state index contributed by atoms with van der Waals surface area (Å²) >= 11 is 1.71. The summed E-state index contributed by atoms with van der Waals surface area (Å²) in [7, 11) is 0. The molecule has 6 heteroatoms. The first kappa shape index (κ1) is 23.0. The number of carbonyl (C=O) groups excluding carboxylic acids is 1. The molecular formula is C26H34N2O3S. The van der Waals surface area contributed by atoms with Crippen LogP contribution in [-0.4, -0.2) is 34.8 Å². The van der Waals surface area contributed by atoms with Crippen LogP contribution in [0.3, 0.4) is 0 Å². The number of nitrogens with zero attached hydrogens (tertiary/aromatic N) is 1. The zero-order valence-corrected chi connectivity index (χ0v) is 20.4. The predicted octanol–water partition coefficient (Wildman–Crippen LogP) is 6.34. The number of allylic oxidation sites excluding steroid dienone is 3. The Labute approximate surface area is 194 Å². The molecule has 0 radical (unpaired) electrons. The number of esters is 1. The lowest BCUT2D eigenvalue weighted by Gasteiger charge is -2.29. The van der Waals surface area contributed by atoms with Gasteiger partial charge in [0.05, 0.1) is 5.69 Å². The molecule has 3 heterocycles. The molecule has 32 heavy (non-hydrogen) atoms. The average molecular weight is 455 g/mol. The van der Waals surface area contributed by atoms with Gasteiger partial charge in [0.1, 0.15) is 10.6 Å². The number of aromatic amines is 1. The molecule has 0 bridgehead atoms. The maximum atomic E-state index is 12.5. The Balaban J connectivity index is 1.57. The van der Waals surface area contributed by atoms with Gasteiger partial charge in [-0.1, -0.05) is 17.7 Å². The number of aromatic nitrogens is 2. The van der Waals surface area contributed by atoms with E-state index in [-0.39, 0.29) is 5.97 Å². The molecule has 4 rings (SSSR count). The van der Waals surface area contributed by atoms with E-state index in [4.69, 9.17) is 9.47 Å². The summed E-state index contributed by atoms with van der Waals surface area (Å²) < 4.78 is 11.2. The van der Waals surface area contributed by atoms with Gasteiger partial charge in [-0.3, -0.25) is 0 Å². The highest BCUT2D eigenvalue weighted by atomic mass is 32.1. The molecule has 1 aliphatic heterocycles. The molecule has 2 aliphatic rings. The van der Waals surface area contributed by atoms with E-state index in [1.807, 2.05) is 33.0 Å². The first-order chi connectivity index (χ1) is 15.3. The van der Waals surface area contributed by atoms with Crippen LogP contribution in [0.5, 0.6) is 0 Å². The third kappa shape index (κ3) is 5.78. The van der Waals surface area contributed by atoms with E-state index in [1.54, 1.807) is 11.3 Å². The molecule has 1 saturated heterocycles. The number of carbonyl (C=O) groups is 1. The van der Waals surface area contributed by atoms with Crippen molar-refractivity contribution < 1.29 is 14.3 Å². The van der Waals surface area contributed by atoms with Gasteiger partial charge in [0.2, 0.25) is 0 Å². The third-order valence-corrected chi connectivity index (χ3v) is 7.08. The van der Waals surface area contributed by atoms with Crippen molar-refractivity contribution in [3.05, 3.63) is 52.2 Å². The monoisotopic (exact) mass is 454 g/mol. The molecule has 1 fully saturated rings. The maximum Gasteiger partial charge on any atom is 0.334 e. The van der Waals surface area contributed by atoms with Crippen LogP contribution < -0.4 is 0 Å². The zero-order chi connectivity index (χ0) is 22.7. The molecule has 2 aromatic heterocycles. The van der Waals surface area contributed by atoms with Gasteiger partial charge in [0.15, 0.2) is 0 Å². The van der Waals surface area contributed by atoms with Crippen LogP contribution in [0.2, 0.25) is 0 Å². The third-order valence-electron chi connectivity index (χ3n) is 6.14. The summed E-state index contributed by atoms with van der Waals surface area (Å²) in [6.07, 6.45) is 11.0. The zero-order valence-electron chi connectivity index (χ0n) is 19.6. The number of ether oxygens (including phenoxy) is 2. The molecule has 1 unspecified atom stereocenters. The Kier molecular flexibility index (Phi) is 7.01. The van der Waals surface area contributed by atoms with Crippen LogP contribution in [0.4, 0.5) is 0 Å². The fourth-order valence-corrected chi connectivity index (χ4v) is 5.21. The van der Waals surface area contributed by atoms with Gasteiger partial charge in [-0.05, 0) is 77.8 Å². The predicted molar refractivity (Wildman–Crippen MR) is 129 cm³/mol. The molecule has 1 N–H and O–H groups in total. The average Bonchev–Trinajstić information content (AvgIpc) is 3.41. The van der Waals surface area contributed by atoms with Gasteiger partial charge < -0.3 is 14.5 Å². The SMILES string of the molecule is Cc1cnc(-c2ccc(C(CC3CCOCC3)C3=CC=C(C(=O)OC(C)(C)C)CC3)[nH]2)s1. The molecule has 0 spiro atoms. The van der Waals surface area contributed by atoms with Gasteiger partial charge in [-0.15, -0.1) is 11.3 Å². The topological polar surface area (TPSA) is 64.2 Å². The van der Waals surface area contributed by atoms with Crippen LogP contribution in [0.1, 0.15) is 69.4 Å². The fourth-order valence-electron chi connectivity index (χ4n) is 4.47. The smallest absolute Gasteiger partial charge is 0.334 e. The van der Waals surface area contributed by atoms with Crippen LogP contribution in [0.15, 0.2) is 41.6 Å². The molecule has 0 aromatic carbocycles. The van der Waals surface area contributed by atoms with Crippen molar-refractivity contribution in [1.82, 2.24) is 9.97 Å². The van der Waals surface area contributed by atoms with Crippen molar-refractivity contribution in [1.29, 1.82) is 0 Å². The van der Waals surface area contributed by atoms with Gasteiger partial charge in [0, 0.05) is 41.5 Å². The van der Waals surface area contributed by atoms with E-state index in [2.05, 4.69) is 35.1 Å². The van der Waals surface area contributed by atoms with Gasteiger partial charge in [-0.25, -0.2) is 9.78 Å². The summed E-state index contributed by atoms with van der Waals surface area (Å²) in [4.78, 5) is 21.9. The van der Waals surface area contributed by atoms with Gasteiger partial charge in [0.25, 0.3) is 0 Å². The molecule has 2 aromatic rings. The number of nitrogens with one attached hydrogen (secondary N) is 1. The molecule has 5 nitrogen and oxygen atoms in total. The molecule has 0 amide bonds. The Morgan fingerprint density at radius 1 is 1.25 bits per heavy atom. The van der Waals surface area contributed by atoms with E-state index in [1.165, 1.54) is 16.1 Å². The second-order valence-electron chi connectivity index (χ2n) is 9.88. The standard InChI is InChI=1S/C26H34N2O3S/c1-17-16-27-24(32-17)23-10-9-22(28-23)21(15-18-11-13-30-14-12-18)19-5-7-20(8-6-19)25(29)31-26(2,3)4/h5,7,9-10,16,18,21,28H,6,8,11-15H2,1-4H3. The first-order valence-corrected chi connectivity index (χ1v) is 12.4. The van der Waals surface area contributed by atoms with E-state index in [0.29, 0.717) is 11.8 Å². The second kappa shape index (κ2) is 9.75. The Morgan fingerprint density at radius 3 is 2.66 bits per heavy atom.